The van der Waals surface area contributed by atoms with Crippen LogP contribution in [0.15, 0.2) is 6.33 Å². The van der Waals surface area contributed by atoms with E-state index in [0.29, 0.717) is 0 Å². The number of imidazole rings is 1. The lowest BCUT2D eigenvalue weighted by molar-refractivity contribution is -0.683. The zero-order chi connectivity index (χ0) is 15.6. The van der Waals surface area contributed by atoms with E-state index in [1.54, 1.807) is 0 Å². The second-order valence-corrected chi connectivity index (χ2v) is 7.31. The molecule has 2 saturated carbocycles. The summed E-state index contributed by atoms with van der Waals surface area (Å²) in [6.07, 6.45) is 12.7. The van der Waals surface area contributed by atoms with Gasteiger partial charge in [0.2, 0.25) is 12.1 Å². The van der Waals surface area contributed by atoms with E-state index in [1.807, 2.05) is 6.33 Å². The minimum Gasteiger partial charge on any atom is -0.355 e. The lowest BCUT2D eigenvalue weighted by atomic mass is 9.89. The molecular weight excluding hydrogens is 286 g/mol. The molecule has 0 bridgehead atoms. The molecule has 2 heterocycles. The van der Waals surface area contributed by atoms with Crippen LogP contribution in [0.4, 0.5) is 5.82 Å². The first-order valence-corrected chi connectivity index (χ1v) is 9.34. The molecule has 0 amide bonds. The maximum Gasteiger partial charge on any atom is 0.293 e. The second kappa shape index (κ2) is 6.46. The van der Waals surface area contributed by atoms with Crippen LogP contribution >= 0.6 is 0 Å². The molecular formula is C18H28N5+. The zero-order valence-electron chi connectivity index (χ0n) is 14.1. The van der Waals surface area contributed by atoms with E-state index in [1.165, 1.54) is 44.9 Å². The van der Waals surface area contributed by atoms with E-state index in [2.05, 4.69) is 26.8 Å². The number of anilines is 1. The molecule has 0 aromatic carbocycles. The maximum atomic E-state index is 4.93. The Bertz CT molecular complexity index is 667. The second-order valence-electron chi connectivity index (χ2n) is 7.31. The van der Waals surface area contributed by atoms with E-state index in [9.17, 15) is 0 Å². The first-order chi connectivity index (χ1) is 11.3. The van der Waals surface area contributed by atoms with Crippen molar-refractivity contribution in [1.82, 2.24) is 15.0 Å². The van der Waals surface area contributed by atoms with Gasteiger partial charge >= 0.3 is 0 Å². The molecule has 0 saturated heterocycles. The fourth-order valence-corrected chi connectivity index (χ4v) is 3.81. The largest absolute Gasteiger partial charge is 0.355 e. The molecule has 23 heavy (non-hydrogen) atoms. The van der Waals surface area contributed by atoms with Crippen LogP contribution in [-0.2, 0) is 13.0 Å². The van der Waals surface area contributed by atoms with Gasteiger partial charge in [0.25, 0.3) is 5.65 Å². The monoisotopic (exact) mass is 314 g/mol. The molecule has 0 aliphatic heterocycles. The lowest BCUT2D eigenvalue weighted by Crippen LogP contribution is -2.39. The molecule has 2 aromatic rings. The zero-order valence-corrected chi connectivity index (χ0v) is 14.1. The van der Waals surface area contributed by atoms with E-state index in [-0.39, 0.29) is 0 Å². The van der Waals surface area contributed by atoms with Gasteiger partial charge in [0.15, 0.2) is 11.3 Å². The van der Waals surface area contributed by atoms with Gasteiger partial charge in [-0.3, -0.25) is 0 Å². The summed E-state index contributed by atoms with van der Waals surface area (Å²) in [7, 11) is 0. The van der Waals surface area contributed by atoms with Crippen molar-refractivity contribution in [2.75, 3.05) is 11.9 Å². The predicted octanol–water partition coefficient (Wildman–Crippen LogP) is 3.21. The van der Waals surface area contributed by atoms with E-state index in [0.717, 1.165) is 54.2 Å². The number of aromatic nitrogens is 4. The van der Waals surface area contributed by atoms with Crippen LogP contribution in [0.2, 0.25) is 0 Å². The van der Waals surface area contributed by atoms with Gasteiger partial charge in [0.05, 0.1) is 6.54 Å². The van der Waals surface area contributed by atoms with Gasteiger partial charge < -0.3 is 10.3 Å². The molecule has 2 aliphatic carbocycles. The van der Waals surface area contributed by atoms with Crippen molar-refractivity contribution < 1.29 is 4.57 Å². The highest BCUT2D eigenvalue weighted by molar-refractivity contribution is 5.80. The van der Waals surface area contributed by atoms with Crippen LogP contribution in [-0.4, -0.2) is 21.5 Å². The summed E-state index contributed by atoms with van der Waals surface area (Å²) in [5.41, 5.74) is 2.16. The van der Waals surface area contributed by atoms with Crippen LogP contribution in [0.5, 0.6) is 0 Å². The number of hydrogen-bond acceptors (Lipinski definition) is 3. The van der Waals surface area contributed by atoms with Crippen LogP contribution in [0.25, 0.3) is 11.2 Å². The van der Waals surface area contributed by atoms with Gasteiger partial charge in [0, 0.05) is 13.0 Å². The maximum absolute atomic E-state index is 4.93. The summed E-state index contributed by atoms with van der Waals surface area (Å²) in [6.45, 7) is 4.05. The Balaban J connectivity index is 1.65. The summed E-state index contributed by atoms with van der Waals surface area (Å²) in [5.74, 6) is 3.70. The van der Waals surface area contributed by atoms with Crippen molar-refractivity contribution in [3.8, 4) is 0 Å². The number of H-pyrrole nitrogens is 1. The molecule has 5 heteroatoms. The fraction of sp³-hybridized carbons (Fsp3) is 0.722. The molecule has 2 N–H and O–H groups in total. The third kappa shape index (κ3) is 3.33. The van der Waals surface area contributed by atoms with Gasteiger partial charge in [-0.05, 0) is 44.4 Å². The molecule has 5 nitrogen and oxygen atoms in total. The van der Waals surface area contributed by atoms with Crippen molar-refractivity contribution in [1.29, 1.82) is 0 Å². The van der Waals surface area contributed by atoms with E-state index in [4.69, 9.17) is 4.98 Å². The molecule has 0 radical (unpaired) electrons. The number of rotatable bonds is 6. The molecule has 2 aromatic heterocycles. The summed E-state index contributed by atoms with van der Waals surface area (Å²) in [4.78, 5) is 13.1. The Hall–Kier alpha value is -1.65. The Morgan fingerprint density at radius 3 is 2.74 bits per heavy atom. The summed E-state index contributed by atoms with van der Waals surface area (Å²) in [6, 6.07) is 0. The number of nitrogens with zero attached hydrogens (tertiary/aromatic N) is 3. The van der Waals surface area contributed by atoms with Crippen molar-refractivity contribution in [2.45, 2.75) is 64.8 Å². The van der Waals surface area contributed by atoms with Crippen molar-refractivity contribution in [2.24, 2.45) is 11.8 Å². The molecule has 0 unspecified atom stereocenters. The highest BCUT2D eigenvalue weighted by atomic mass is 15.2. The number of hydrogen-bond donors (Lipinski definition) is 2. The highest BCUT2D eigenvalue weighted by Gasteiger charge is 2.27. The average molecular weight is 314 g/mol. The third-order valence-corrected chi connectivity index (χ3v) is 5.27. The van der Waals surface area contributed by atoms with E-state index < -0.39 is 0 Å². The third-order valence-electron chi connectivity index (χ3n) is 5.27. The summed E-state index contributed by atoms with van der Waals surface area (Å²) >= 11 is 0. The number of fused-ring (bicyclic) bond motifs is 1. The van der Waals surface area contributed by atoms with Gasteiger partial charge in [0.1, 0.15) is 0 Å². The van der Waals surface area contributed by atoms with Gasteiger partial charge in [-0.25, -0.2) is 4.57 Å². The molecule has 2 aliphatic rings. The standard InChI is InChI=1S/C18H27N5/c1-2-19-17-16-18(22-15(21-16)10-13-8-9-13)23(12-20-17)11-14-6-4-3-5-7-14/h12-14H,2-11H2,1H3,(H,19,21,22)/p+1. The SMILES string of the molecule is CCNc1nc[n+](CC2CCCCC2)c2nc(CC3CC3)[nH]c12. The Labute approximate surface area is 137 Å². The van der Waals surface area contributed by atoms with E-state index >= 15 is 0 Å². The molecule has 0 atom stereocenters. The first-order valence-electron chi connectivity index (χ1n) is 9.34. The average Bonchev–Trinajstić information content (AvgIpc) is 3.27. The topological polar surface area (TPSA) is 57.5 Å². The number of aromatic amines is 1. The predicted molar refractivity (Wildman–Crippen MR) is 91.3 cm³/mol. The minimum atomic E-state index is 0.785. The number of nitrogens with one attached hydrogen (secondary N) is 2. The van der Waals surface area contributed by atoms with Gasteiger partial charge in [-0.1, -0.05) is 29.2 Å². The molecule has 124 valence electrons. The Morgan fingerprint density at radius 2 is 2.00 bits per heavy atom. The van der Waals surface area contributed by atoms with Crippen molar-refractivity contribution in [3.05, 3.63) is 12.2 Å². The quantitative estimate of drug-likeness (QED) is 0.805. The van der Waals surface area contributed by atoms with Crippen LogP contribution < -0.4 is 9.88 Å². The van der Waals surface area contributed by atoms with Crippen LogP contribution in [0.3, 0.4) is 0 Å². The first kappa shape index (κ1) is 14.9. The summed E-state index contributed by atoms with van der Waals surface area (Å²) < 4.78 is 2.28. The fourth-order valence-electron chi connectivity index (χ4n) is 3.81. The highest BCUT2D eigenvalue weighted by Crippen LogP contribution is 2.32. The lowest BCUT2D eigenvalue weighted by Gasteiger charge is -2.20. The van der Waals surface area contributed by atoms with Gasteiger partial charge in [-0.15, -0.1) is 0 Å². The molecule has 2 fully saturated rings. The van der Waals surface area contributed by atoms with Crippen LogP contribution in [0.1, 0.15) is 57.7 Å². The summed E-state index contributed by atoms with van der Waals surface area (Å²) in [5, 5.41) is 3.37. The van der Waals surface area contributed by atoms with Gasteiger partial charge in [-0.2, -0.15) is 0 Å². The molecule has 0 spiro atoms. The smallest absolute Gasteiger partial charge is 0.293 e. The minimum absolute atomic E-state index is 0.785. The van der Waals surface area contributed by atoms with Crippen molar-refractivity contribution in [3.63, 3.8) is 0 Å². The molecule has 4 rings (SSSR count). The van der Waals surface area contributed by atoms with Crippen LogP contribution in [0, 0.1) is 11.8 Å². The normalized spacial score (nSPS) is 19.3. The Morgan fingerprint density at radius 1 is 1.17 bits per heavy atom. The van der Waals surface area contributed by atoms with Crippen molar-refractivity contribution >= 4 is 17.0 Å². The Kier molecular flexibility index (Phi) is 4.19.